The Morgan fingerprint density at radius 1 is 1.29 bits per heavy atom. The molecule has 0 radical (unpaired) electrons. The number of hydrogen-bond acceptors (Lipinski definition) is 3. The fraction of sp³-hybridized carbons (Fsp3) is 0.467. The molecule has 0 aliphatic carbocycles. The lowest BCUT2D eigenvalue weighted by Gasteiger charge is -2.32. The van der Waals surface area contributed by atoms with Gasteiger partial charge in [0.1, 0.15) is 0 Å². The van der Waals surface area contributed by atoms with E-state index >= 15 is 0 Å². The summed E-state index contributed by atoms with van der Waals surface area (Å²) in [4.78, 5) is 25.4. The monoisotopic (exact) mass is 311 g/mol. The summed E-state index contributed by atoms with van der Waals surface area (Å²) in [6.45, 7) is 2.54. The van der Waals surface area contributed by atoms with Gasteiger partial charge >= 0.3 is 0 Å². The lowest BCUT2D eigenvalue weighted by atomic mass is 9.96. The van der Waals surface area contributed by atoms with Crippen molar-refractivity contribution in [3.8, 4) is 0 Å². The van der Waals surface area contributed by atoms with E-state index in [-0.39, 0.29) is 18.3 Å². The number of nitrogens with two attached hydrogens (primary N) is 1. The second kappa shape index (κ2) is 8.00. The first-order chi connectivity index (χ1) is 9.61. The molecule has 1 heterocycles. The highest BCUT2D eigenvalue weighted by molar-refractivity contribution is 5.99. The summed E-state index contributed by atoms with van der Waals surface area (Å²) in [7, 11) is 1.95. The van der Waals surface area contributed by atoms with Crippen molar-refractivity contribution in [3.63, 3.8) is 0 Å². The fourth-order valence-electron chi connectivity index (χ4n) is 2.62. The number of likely N-dealkylation sites (tertiary alicyclic amines) is 1. The van der Waals surface area contributed by atoms with E-state index in [1.807, 2.05) is 11.9 Å². The SMILES string of the molecule is CNCC1CCN(C(=O)c2cccc(C(N)=O)c2)CC1.Cl. The number of nitrogens with one attached hydrogen (secondary N) is 1. The second-order valence-electron chi connectivity index (χ2n) is 5.24. The number of benzene rings is 1. The van der Waals surface area contributed by atoms with E-state index in [0.717, 1.165) is 32.5 Å². The van der Waals surface area contributed by atoms with Gasteiger partial charge in [-0.2, -0.15) is 0 Å². The van der Waals surface area contributed by atoms with Gasteiger partial charge in [-0.25, -0.2) is 0 Å². The number of hydrogen-bond donors (Lipinski definition) is 2. The molecule has 3 N–H and O–H groups in total. The molecule has 0 bridgehead atoms. The van der Waals surface area contributed by atoms with Gasteiger partial charge in [0.05, 0.1) is 0 Å². The molecule has 0 unspecified atom stereocenters. The number of piperidine rings is 1. The Morgan fingerprint density at radius 2 is 1.90 bits per heavy atom. The molecule has 0 aromatic heterocycles. The molecule has 2 amide bonds. The van der Waals surface area contributed by atoms with Crippen LogP contribution < -0.4 is 11.1 Å². The van der Waals surface area contributed by atoms with Crippen molar-refractivity contribution in [1.29, 1.82) is 0 Å². The van der Waals surface area contributed by atoms with E-state index in [1.54, 1.807) is 24.3 Å². The minimum absolute atomic E-state index is 0. The van der Waals surface area contributed by atoms with E-state index in [2.05, 4.69) is 5.32 Å². The van der Waals surface area contributed by atoms with Gasteiger partial charge in [-0.3, -0.25) is 9.59 Å². The summed E-state index contributed by atoms with van der Waals surface area (Å²) in [5, 5.41) is 3.18. The van der Waals surface area contributed by atoms with Crippen molar-refractivity contribution in [2.75, 3.05) is 26.7 Å². The third-order valence-corrected chi connectivity index (χ3v) is 3.79. The predicted octanol–water partition coefficient (Wildman–Crippen LogP) is 1.28. The molecule has 1 aromatic carbocycles. The summed E-state index contributed by atoms with van der Waals surface area (Å²) in [5.41, 5.74) is 6.15. The molecule has 2 rings (SSSR count). The standard InChI is InChI=1S/C15H21N3O2.ClH/c1-17-10-11-5-7-18(8-6-11)15(20)13-4-2-3-12(9-13)14(16)19;/h2-4,9,11,17H,5-8,10H2,1H3,(H2,16,19);1H. The van der Waals surface area contributed by atoms with Crippen molar-refractivity contribution in [2.24, 2.45) is 11.7 Å². The van der Waals surface area contributed by atoms with Crippen LogP contribution in [0.3, 0.4) is 0 Å². The molecule has 0 spiro atoms. The van der Waals surface area contributed by atoms with Crippen molar-refractivity contribution < 1.29 is 9.59 Å². The van der Waals surface area contributed by atoms with Crippen LogP contribution in [0.1, 0.15) is 33.6 Å². The molecule has 0 saturated carbocycles. The summed E-state index contributed by atoms with van der Waals surface area (Å²) >= 11 is 0. The van der Waals surface area contributed by atoms with Crippen LogP contribution in [0.4, 0.5) is 0 Å². The molecule has 5 nitrogen and oxygen atoms in total. The smallest absolute Gasteiger partial charge is 0.253 e. The van der Waals surface area contributed by atoms with Crippen LogP contribution in [-0.2, 0) is 0 Å². The van der Waals surface area contributed by atoms with Gasteiger partial charge in [0, 0.05) is 24.2 Å². The Hall–Kier alpha value is -1.59. The summed E-state index contributed by atoms with van der Waals surface area (Å²) in [6, 6.07) is 6.62. The van der Waals surface area contributed by atoms with Gasteiger partial charge < -0.3 is 16.0 Å². The van der Waals surface area contributed by atoms with Gasteiger partial charge in [0.2, 0.25) is 5.91 Å². The summed E-state index contributed by atoms with van der Waals surface area (Å²) < 4.78 is 0. The first-order valence-corrected chi connectivity index (χ1v) is 6.95. The zero-order valence-corrected chi connectivity index (χ0v) is 13.0. The zero-order valence-electron chi connectivity index (χ0n) is 12.2. The maximum absolute atomic E-state index is 12.4. The quantitative estimate of drug-likeness (QED) is 0.879. The number of carbonyl (C=O) groups is 2. The molecule has 1 aliphatic rings. The third kappa shape index (κ3) is 4.44. The number of halogens is 1. The third-order valence-electron chi connectivity index (χ3n) is 3.79. The Morgan fingerprint density at radius 3 is 2.48 bits per heavy atom. The number of nitrogens with zero attached hydrogens (tertiary/aromatic N) is 1. The van der Waals surface area contributed by atoms with Crippen molar-refractivity contribution in [3.05, 3.63) is 35.4 Å². The van der Waals surface area contributed by atoms with Crippen LogP contribution in [0.15, 0.2) is 24.3 Å². The molecule has 1 aliphatic heterocycles. The first-order valence-electron chi connectivity index (χ1n) is 6.95. The highest BCUT2D eigenvalue weighted by Gasteiger charge is 2.23. The molecule has 1 fully saturated rings. The van der Waals surface area contributed by atoms with Gasteiger partial charge in [-0.1, -0.05) is 6.07 Å². The predicted molar refractivity (Wildman–Crippen MR) is 84.8 cm³/mol. The van der Waals surface area contributed by atoms with Crippen LogP contribution in [0.2, 0.25) is 0 Å². The van der Waals surface area contributed by atoms with E-state index in [0.29, 0.717) is 17.0 Å². The molecule has 6 heteroatoms. The lowest BCUT2D eigenvalue weighted by molar-refractivity contribution is 0.0691. The highest BCUT2D eigenvalue weighted by atomic mass is 35.5. The Labute approximate surface area is 131 Å². The summed E-state index contributed by atoms with van der Waals surface area (Å²) in [5.74, 6) is 0.115. The fourth-order valence-corrected chi connectivity index (χ4v) is 2.62. The van der Waals surface area contributed by atoms with Gasteiger partial charge in [-0.15, -0.1) is 12.4 Å². The lowest BCUT2D eigenvalue weighted by Crippen LogP contribution is -2.40. The maximum Gasteiger partial charge on any atom is 0.253 e. The van der Waals surface area contributed by atoms with Crippen LogP contribution in [0, 0.1) is 5.92 Å². The van der Waals surface area contributed by atoms with Crippen LogP contribution in [-0.4, -0.2) is 43.4 Å². The second-order valence-corrected chi connectivity index (χ2v) is 5.24. The average molecular weight is 312 g/mol. The molecule has 21 heavy (non-hydrogen) atoms. The Kier molecular flexibility index (Phi) is 6.65. The van der Waals surface area contributed by atoms with E-state index in [4.69, 9.17) is 5.73 Å². The number of rotatable bonds is 4. The molecular formula is C15H22ClN3O2. The van der Waals surface area contributed by atoms with Crippen LogP contribution >= 0.6 is 12.4 Å². The minimum Gasteiger partial charge on any atom is -0.366 e. The van der Waals surface area contributed by atoms with Crippen molar-refractivity contribution in [2.45, 2.75) is 12.8 Å². The summed E-state index contributed by atoms with van der Waals surface area (Å²) in [6.07, 6.45) is 2.03. The zero-order chi connectivity index (χ0) is 14.5. The normalized spacial score (nSPS) is 15.4. The number of carbonyl (C=O) groups excluding carboxylic acids is 2. The van der Waals surface area contributed by atoms with Crippen molar-refractivity contribution >= 4 is 24.2 Å². The highest BCUT2D eigenvalue weighted by Crippen LogP contribution is 2.18. The number of primary amides is 1. The largest absolute Gasteiger partial charge is 0.366 e. The van der Waals surface area contributed by atoms with Crippen molar-refractivity contribution in [1.82, 2.24) is 10.2 Å². The average Bonchev–Trinajstić information content (AvgIpc) is 2.48. The molecule has 0 atom stereocenters. The minimum atomic E-state index is -0.507. The molecule has 1 aromatic rings. The van der Waals surface area contributed by atoms with E-state index < -0.39 is 5.91 Å². The Bertz CT molecular complexity index is 499. The molecule has 116 valence electrons. The molecule has 1 saturated heterocycles. The maximum atomic E-state index is 12.4. The van der Waals surface area contributed by atoms with Crippen LogP contribution in [0.25, 0.3) is 0 Å². The first kappa shape index (κ1) is 17.5. The van der Waals surface area contributed by atoms with Gasteiger partial charge in [0.25, 0.3) is 5.91 Å². The Balaban J connectivity index is 0.00000220. The van der Waals surface area contributed by atoms with E-state index in [1.165, 1.54) is 0 Å². The van der Waals surface area contributed by atoms with E-state index in [9.17, 15) is 9.59 Å². The van der Waals surface area contributed by atoms with Gasteiger partial charge in [-0.05, 0) is 50.6 Å². The van der Waals surface area contributed by atoms with Gasteiger partial charge in [0.15, 0.2) is 0 Å². The molecular weight excluding hydrogens is 290 g/mol. The van der Waals surface area contributed by atoms with Crippen LogP contribution in [0.5, 0.6) is 0 Å². The number of amides is 2. The topological polar surface area (TPSA) is 75.4 Å².